The first-order valence-corrected chi connectivity index (χ1v) is 7.68. The molecule has 10 heteroatoms. The number of aliphatic carboxylic acids is 1. The summed E-state index contributed by atoms with van der Waals surface area (Å²) in [4.78, 5) is 23.7. The van der Waals surface area contributed by atoms with Gasteiger partial charge >= 0.3 is 5.97 Å². The summed E-state index contributed by atoms with van der Waals surface area (Å²) < 4.78 is 4.95. The molecule has 1 aliphatic heterocycles. The summed E-state index contributed by atoms with van der Waals surface area (Å²) in [5.74, 6) is -7.62. The van der Waals surface area contributed by atoms with Gasteiger partial charge in [-0.3, -0.25) is 4.79 Å². The Morgan fingerprint density at radius 1 is 1.33 bits per heavy atom. The van der Waals surface area contributed by atoms with E-state index < -0.39 is 60.5 Å². The van der Waals surface area contributed by atoms with Crippen LogP contribution in [0.2, 0.25) is 0 Å². The van der Waals surface area contributed by atoms with Crippen LogP contribution in [-0.2, 0) is 14.3 Å². The van der Waals surface area contributed by atoms with Gasteiger partial charge in [-0.25, -0.2) is 4.79 Å². The molecule has 0 aromatic rings. The Morgan fingerprint density at radius 3 is 2.38 bits per heavy atom. The normalized spacial score (nSPS) is 36.1. The standard InChI is InChI=1S/C14H25NO9/c1-2-3-4-6(17)8-11(20)9(15)12(10(19)7(18)5-16)24-14(8,23)13(21)22/h7-12,16,18-20,23H,2-5,15H2,1H3,(H,21,22)/t7-,8?,9-,10-,11+,12-,14?/m1/s1. The molecule has 8 N–H and O–H groups in total. The number of ether oxygens (including phenoxy) is 1. The molecule has 0 aromatic heterocycles. The van der Waals surface area contributed by atoms with Crippen molar-refractivity contribution in [2.45, 2.75) is 62.4 Å². The average Bonchev–Trinajstić information content (AvgIpc) is 2.54. The minimum Gasteiger partial charge on any atom is -0.477 e. The maximum atomic E-state index is 12.2. The van der Waals surface area contributed by atoms with E-state index in [4.69, 9.17) is 15.6 Å². The molecule has 10 nitrogen and oxygen atoms in total. The Labute approximate surface area is 138 Å². The van der Waals surface area contributed by atoms with Crippen molar-refractivity contribution >= 4 is 11.8 Å². The van der Waals surface area contributed by atoms with Crippen molar-refractivity contribution in [1.29, 1.82) is 0 Å². The van der Waals surface area contributed by atoms with Crippen LogP contribution in [0.25, 0.3) is 0 Å². The predicted octanol–water partition coefficient (Wildman–Crippen LogP) is -3.06. The lowest BCUT2D eigenvalue weighted by molar-refractivity contribution is -0.311. The molecule has 0 amide bonds. The van der Waals surface area contributed by atoms with Gasteiger partial charge in [0.15, 0.2) is 0 Å². The van der Waals surface area contributed by atoms with Crippen molar-refractivity contribution in [3.63, 3.8) is 0 Å². The van der Waals surface area contributed by atoms with Crippen LogP contribution in [0.5, 0.6) is 0 Å². The number of Topliss-reactive ketones (excluding diaryl/α,β-unsaturated/α-hetero) is 1. The van der Waals surface area contributed by atoms with Gasteiger partial charge in [0.05, 0.1) is 18.8 Å². The van der Waals surface area contributed by atoms with Crippen molar-refractivity contribution in [2.24, 2.45) is 11.7 Å². The van der Waals surface area contributed by atoms with Crippen LogP contribution >= 0.6 is 0 Å². The van der Waals surface area contributed by atoms with Crippen molar-refractivity contribution < 1.29 is 45.0 Å². The molecule has 24 heavy (non-hydrogen) atoms. The van der Waals surface area contributed by atoms with E-state index in [1.165, 1.54) is 0 Å². The second-order valence-electron chi connectivity index (χ2n) is 5.94. The van der Waals surface area contributed by atoms with Crippen LogP contribution in [0.15, 0.2) is 0 Å². The van der Waals surface area contributed by atoms with Crippen molar-refractivity contribution in [3.05, 3.63) is 0 Å². The van der Waals surface area contributed by atoms with Gasteiger partial charge in [0, 0.05) is 6.42 Å². The molecule has 2 unspecified atom stereocenters. The lowest BCUT2D eigenvalue weighted by Gasteiger charge is -2.47. The second kappa shape index (κ2) is 8.30. The molecule has 1 heterocycles. The fourth-order valence-electron chi connectivity index (χ4n) is 2.73. The third-order valence-electron chi connectivity index (χ3n) is 4.20. The van der Waals surface area contributed by atoms with Crippen molar-refractivity contribution in [2.75, 3.05) is 6.61 Å². The number of carbonyl (C=O) groups is 2. The number of unbranched alkanes of at least 4 members (excludes halogenated alkanes) is 1. The maximum Gasteiger partial charge on any atom is 0.365 e. The van der Waals surface area contributed by atoms with Crippen LogP contribution in [0.3, 0.4) is 0 Å². The van der Waals surface area contributed by atoms with Crippen molar-refractivity contribution in [1.82, 2.24) is 0 Å². The van der Waals surface area contributed by atoms with E-state index in [-0.39, 0.29) is 6.42 Å². The summed E-state index contributed by atoms with van der Waals surface area (Å²) in [6.07, 6.45) is -6.18. The van der Waals surface area contributed by atoms with Crippen molar-refractivity contribution in [3.8, 4) is 0 Å². The topological polar surface area (TPSA) is 191 Å². The number of carbonyl (C=O) groups excluding carboxylic acids is 1. The van der Waals surface area contributed by atoms with Crippen LogP contribution in [-0.4, -0.2) is 85.2 Å². The van der Waals surface area contributed by atoms with E-state index in [1.54, 1.807) is 6.92 Å². The molecule has 1 aliphatic rings. The zero-order valence-corrected chi connectivity index (χ0v) is 13.3. The molecular weight excluding hydrogens is 326 g/mol. The molecule has 0 bridgehead atoms. The maximum absolute atomic E-state index is 12.2. The molecule has 0 aromatic carbocycles. The summed E-state index contributed by atoms with van der Waals surface area (Å²) in [5, 5.41) is 58.1. The van der Waals surface area contributed by atoms with Gasteiger partial charge in [0.25, 0.3) is 5.79 Å². The second-order valence-corrected chi connectivity index (χ2v) is 5.94. The van der Waals surface area contributed by atoms with E-state index in [1.807, 2.05) is 0 Å². The lowest BCUT2D eigenvalue weighted by atomic mass is 9.77. The Hall–Kier alpha value is -1.14. The molecule has 0 saturated carbocycles. The highest BCUT2D eigenvalue weighted by atomic mass is 16.7. The van der Waals surface area contributed by atoms with Gasteiger partial charge < -0.3 is 41.1 Å². The Bertz CT molecular complexity index is 460. The van der Waals surface area contributed by atoms with Crippen LogP contribution in [0.1, 0.15) is 26.2 Å². The quantitative estimate of drug-likeness (QED) is 0.236. The highest BCUT2D eigenvalue weighted by molar-refractivity contribution is 5.90. The minimum atomic E-state index is -3.11. The third kappa shape index (κ3) is 3.91. The number of nitrogens with two attached hydrogens (primary N) is 1. The Balaban J connectivity index is 3.17. The number of carboxylic acid groups (broad SMARTS) is 1. The molecule has 0 radical (unpaired) electrons. The first-order valence-electron chi connectivity index (χ1n) is 7.68. The number of ketones is 1. The molecule has 140 valence electrons. The van der Waals surface area contributed by atoms with Gasteiger partial charge in [0.2, 0.25) is 0 Å². The zero-order valence-electron chi connectivity index (χ0n) is 13.3. The minimum absolute atomic E-state index is 0.0869. The van der Waals surface area contributed by atoms with E-state index in [0.29, 0.717) is 12.8 Å². The number of hydrogen-bond acceptors (Lipinski definition) is 9. The molecule has 1 fully saturated rings. The summed E-state index contributed by atoms with van der Waals surface area (Å²) in [7, 11) is 0. The van der Waals surface area contributed by atoms with E-state index in [2.05, 4.69) is 0 Å². The van der Waals surface area contributed by atoms with Crippen LogP contribution in [0.4, 0.5) is 0 Å². The van der Waals surface area contributed by atoms with E-state index in [0.717, 1.165) is 0 Å². The average molecular weight is 351 g/mol. The van der Waals surface area contributed by atoms with Gasteiger partial charge in [-0.1, -0.05) is 13.3 Å². The first-order chi connectivity index (χ1) is 11.1. The molecule has 1 saturated heterocycles. The van der Waals surface area contributed by atoms with Gasteiger partial charge in [-0.15, -0.1) is 0 Å². The molecule has 7 atom stereocenters. The Kier molecular flexibility index (Phi) is 7.23. The van der Waals surface area contributed by atoms with Gasteiger partial charge in [-0.2, -0.15) is 0 Å². The monoisotopic (exact) mass is 351 g/mol. The summed E-state index contributed by atoms with van der Waals surface area (Å²) in [6, 6.07) is -1.46. The zero-order chi connectivity index (χ0) is 18.7. The summed E-state index contributed by atoms with van der Waals surface area (Å²) in [5.41, 5.74) is 5.71. The number of aliphatic hydroxyl groups excluding tert-OH is 4. The molecule has 0 spiro atoms. The highest BCUT2D eigenvalue weighted by Crippen LogP contribution is 2.36. The van der Waals surface area contributed by atoms with Crippen LogP contribution < -0.4 is 5.73 Å². The summed E-state index contributed by atoms with van der Waals surface area (Å²) >= 11 is 0. The predicted molar refractivity (Wildman–Crippen MR) is 78.6 cm³/mol. The number of carboxylic acids is 1. The largest absolute Gasteiger partial charge is 0.477 e. The highest BCUT2D eigenvalue weighted by Gasteiger charge is 2.61. The summed E-state index contributed by atoms with van der Waals surface area (Å²) in [6.45, 7) is 0.924. The SMILES string of the molecule is CCCCC(=O)C1[C@H](O)[C@@H](N)[C@H]([C@H](O)[C@H](O)CO)OC1(O)C(=O)O. The number of rotatable bonds is 8. The van der Waals surface area contributed by atoms with E-state index >= 15 is 0 Å². The van der Waals surface area contributed by atoms with Gasteiger partial charge in [0.1, 0.15) is 30.0 Å². The smallest absolute Gasteiger partial charge is 0.365 e. The molecule has 1 rings (SSSR count). The number of hydrogen-bond donors (Lipinski definition) is 7. The fraction of sp³-hybridized carbons (Fsp3) is 0.857. The first kappa shape index (κ1) is 20.9. The lowest BCUT2D eigenvalue weighted by Crippen LogP contribution is -2.71. The van der Waals surface area contributed by atoms with Gasteiger partial charge in [-0.05, 0) is 6.42 Å². The molecule has 0 aliphatic carbocycles. The number of aliphatic hydroxyl groups is 5. The van der Waals surface area contributed by atoms with E-state index in [9.17, 15) is 35.1 Å². The Morgan fingerprint density at radius 2 is 1.92 bits per heavy atom. The third-order valence-corrected chi connectivity index (χ3v) is 4.20. The molecular formula is C14H25NO9. The fourth-order valence-corrected chi connectivity index (χ4v) is 2.73. The van der Waals surface area contributed by atoms with Crippen LogP contribution in [0, 0.1) is 5.92 Å².